The van der Waals surface area contributed by atoms with Crippen LogP contribution in [0.3, 0.4) is 0 Å². The van der Waals surface area contributed by atoms with Gasteiger partial charge in [-0.3, -0.25) is 4.55 Å². The Bertz CT molecular complexity index is 1860. The minimum absolute atomic E-state index is 0.181. The second-order valence-corrected chi connectivity index (χ2v) is 14.5. The van der Waals surface area contributed by atoms with Gasteiger partial charge in [0.1, 0.15) is 29.3 Å². The average molecular weight is 647 g/mol. The monoisotopic (exact) mass is 646 g/mol. The Hall–Kier alpha value is -2.90. The SMILES string of the molecule is CCSCCNS(=O)(=O)c1ccc(-c2c3ccc(=[N+](CC)CC)cc-3oc3cc(N(CC)CC)ccc23)c(S(=O)(=O)O)c1. The van der Waals surface area contributed by atoms with Gasteiger partial charge in [-0.25, -0.2) is 17.7 Å². The molecular formula is C31H40N3O6S3+. The summed E-state index contributed by atoms with van der Waals surface area (Å²) in [5, 5.41) is 1.59. The number of rotatable bonds is 13. The molecule has 1 heterocycles. The van der Waals surface area contributed by atoms with E-state index in [9.17, 15) is 21.4 Å². The maximum atomic E-state index is 13.0. The molecule has 0 saturated heterocycles. The molecule has 232 valence electrons. The first-order valence-corrected chi connectivity index (χ1v) is 18.6. The lowest BCUT2D eigenvalue weighted by atomic mass is 9.93. The van der Waals surface area contributed by atoms with E-state index < -0.39 is 25.0 Å². The summed E-state index contributed by atoms with van der Waals surface area (Å²) >= 11 is 1.59. The average Bonchev–Trinajstić information content (AvgIpc) is 2.98. The molecule has 1 aliphatic heterocycles. The molecule has 0 saturated carbocycles. The summed E-state index contributed by atoms with van der Waals surface area (Å²) in [4.78, 5) is 1.44. The minimum Gasteiger partial charge on any atom is -0.456 e. The van der Waals surface area contributed by atoms with Crippen LogP contribution in [0.15, 0.2) is 68.8 Å². The van der Waals surface area contributed by atoms with Gasteiger partial charge in [0.25, 0.3) is 10.1 Å². The molecule has 0 radical (unpaired) electrons. The molecule has 2 aromatic rings. The Balaban J connectivity index is 2.05. The van der Waals surface area contributed by atoms with E-state index >= 15 is 0 Å². The summed E-state index contributed by atoms with van der Waals surface area (Å²) < 4.78 is 73.3. The van der Waals surface area contributed by atoms with Crippen LogP contribution in [0.1, 0.15) is 34.6 Å². The van der Waals surface area contributed by atoms with Gasteiger partial charge in [0, 0.05) is 65.3 Å². The van der Waals surface area contributed by atoms with Crippen LogP contribution in [0.2, 0.25) is 0 Å². The van der Waals surface area contributed by atoms with Crippen molar-refractivity contribution in [2.75, 3.05) is 49.1 Å². The van der Waals surface area contributed by atoms with Gasteiger partial charge in [0.15, 0.2) is 0 Å². The van der Waals surface area contributed by atoms with Crippen LogP contribution in [0.5, 0.6) is 0 Å². The number of anilines is 1. The highest BCUT2D eigenvalue weighted by atomic mass is 32.2. The summed E-state index contributed by atoms with van der Waals surface area (Å²) in [5.74, 6) is 1.97. The van der Waals surface area contributed by atoms with E-state index in [-0.39, 0.29) is 17.0 Å². The van der Waals surface area contributed by atoms with Gasteiger partial charge in [-0.1, -0.05) is 13.0 Å². The number of hydrogen-bond donors (Lipinski definition) is 2. The normalized spacial score (nSPS) is 12.2. The standard InChI is InChI=1S/C31H39N3O6S3/c1-6-33(7-2)22-11-14-25-28(19-22)40-29-20-23(34(8-3)9-4)12-15-26(29)31(25)27-16-13-24(21-30(27)43(37,38)39)42(35,36)32-17-18-41-10-5/h11-16,19-21,32H,6-10,17-18H2,1-5H3/p+1. The molecule has 0 atom stereocenters. The fourth-order valence-corrected chi connectivity index (χ4v) is 7.81. The van der Waals surface area contributed by atoms with Crippen molar-refractivity contribution in [2.45, 2.75) is 44.4 Å². The van der Waals surface area contributed by atoms with Crippen molar-refractivity contribution >= 4 is 48.6 Å². The third-order valence-electron chi connectivity index (χ3n) is 7.50. The predicted molar refractivity (Wildman–Crippen MR) is 176 cm³/mol. The fraction of sp³-hybridized carbons (Fsp3) is 0.387. The number of benzene rings is 3. The lowest BCUT2D eigenvalue weighted by Crippen LogP contribution is -2.29. The molecule has 0 spiro atoms. The molecule has 0 fully saturated rings. The highest BCUT2D eigenvalue weighted by Gasteiger charge is 2.27. The molecule has 9 nitrogen and oxygen atoms in total. The predicted octanol–water partition coefficient (Wildman–Crippen LogP) is 5.14. The zero-order valence-corrected chi connectivity index (χ0v) is 27.7. The molecule has 0 amide bonds. The summed E-state index contributed by atoms with van der Waals surface area (Å²) in [6.45, 7) is 13.6. The molecule has 12 heteroatoms. The molecule has 1 aliphatic carbocycles. The highest BCUT2D eigenvalue weighted by molar-refractivity contribution is 7.99. The number of hydrogen-bond acceptors (Lipinski definition) is 7. The zero-order valence-electron chi connectivity index (χ0n) is 25.3. The summed E-state index contributed by atoms with van der Waals surface area (Å²) in [6.07, 6.45) is 0. The number of fused-ring (bicyclic) bond motifs is 2. The molecule has 43 heavy (non-hydrogen) atoms. The second kappa shape index (κ2) is 13.8. The smallest absolute Gasteiger partial charge is 0.295 e. The van der Waals surface area contributed by atoms with Crippen molar-refractivity contribution in [3.8, 4) is 22.5 Å². The van der Waals surface area contributed by atoms with Crippen LogP contribution < -0.4 is 19.6 Å². The molecule has 4 rings (SSSR count). The maximum absolute atomic E-state index is 13.0. The quantitative estimate of drug-likeness (QED) is 0.0887. The Labute approximate surface area is 258 Å². The number of nitrogens with zero attached hydrogens (tertiary/aromatic N) is 2. The van der Waals surface area contributed by atoms with Crippen molar-refractivity contribution in [2.24, 2.45) is 0 Å². The van der Waals surface area contributed by atoms with Gasteiger partial charge in [0.05, 0.1) is 11.0 Å². The van der Waals surface area contributed by atoms with Crippen LogP contribution >= 0.6 is 11.8 Å². The van der Waals surface area contributed by atoms with Crippen molar-refractivity contribution < 1.29 is 25.8 Å². The van der Waals surface area contributed by atoms with Crippen molar-refractivity contribution in [1.29, 1.82) is 0 Å². The Morgan fingerprint density at radius 3 is 2.21 bits per heavy atom. The van der Waals surface area contributed by atoms with Gasteiger partial charge < -0.3 is 9.32 Å². The lowest BCUT2D eigenvalue weighted by molar-refractivity contribution is 0.483. The van der Waals surface area contributed by atoms with Crippen molar-refractivity contribution in [3.05, 3.63) is 60.0 Å². The maximum Gasteiger partial charge on any atom is 0.295 e. The van der Waals surface area contributed by atoms with Crippen LogP contribution in [-0.4, -0.2) is 65.6 Å². The number of thioether (sulfide) groups is 1. The van der Waals surface area contributed by atoms with Crippen LogP contribution in [0, 0.1) is 0 Å². The molecule has 0 aromatic heterocycles. The Morgan fingerprint density at radius 2 is 1.58 bits per heavy atom. The van der Waals surface area contributed by atoms with Crippen LogP contribution in [0.4, 0.5) is 5.69 Å². The molecule has 2 aliphatic rings. The summed E-state index contributed by atoms with van der Waals surface area (Å²) in [7, 11) is -8.85. The van der Waals surface area contributed by atoms with Gasteiger partial charge >= 0.3 is 0 Å². The van der Waals surface area contributed by atoms with Crippen molar-refractivity contribution in [1.82, 2.24) is 9.30 Å². The van der Waals surface area contributed by atoms with Gasteiger partial charge in [-0.05, 0) is 63.8 Å². The van der Waals surface area contributed by atoms with E-state index in [1.54, 1.807) is 11.8 Å². The molecule has 2 aromatic carbocycles. The van der Waals surface area contributed by atoms with Gasteiger partial charge in [-0.2, -0.15) is 20.2 Å². The van der Waals surface area contributed by atoms with E-state index in [1.807, 2.05) is 43.3 Å². The van der Waals surface area contributed by atoms with E-state index in [0.29, 0.717) is 33.6 Å². The molecular weight excluding hydrogens is 607 g/mol. The largest absolute Gasteiger partial charge is 0.456 e. The van der Waals surface area contributed by atoms with E-state index in [0.717, 1.165) is 49.0 Å². The van der Waals surface area contributed by atoms with E-state index in [1.165, 1.54) is 12.1 Å². The molecule has 0 unspecified atom stereocenters. The summed E-state index contributed by atoms with van der Waals surface area (Å²) in [6, 6.07) is 15.4. The van der Waals surface area contributed by atoms with E-state index in [4.69, 9.17) is 4.42 Å². The first-order valence-electron chi connectivity index (χ1n) is 14.5. The lowest BCUT2D eigenvalue weighted by Gasteiger charge is -2.22. The van der Waals surface area contributed by atoms with Crippen LogP contribution in [-0.2, 0) is 20.1 Å². The minimum atomic E-state index is -4.83. The third-order valence-corrected chi connectivity index (χ3v) is 10.8. The molecule has 0 bridgehead atoms. The zero-order chi connectivity index (χ0) is 31.4. The number of sulfonamides is 1. The summed E-state index contributed by atoms with van der Waals surface area (Å²) in [5.41, 5.74) is 2.83. The molecule has 2 N–H and O–H groups in total. The first-order chi connectivity index (χ1) is 20.5. The third kappa shape index (κ3) is 7.09. The fourth-order valence-electron chi connectivity index (χ4n) is 5.29. The second-order valence-electron chi connectivity index (χ2n) is 9.91. The number of nitrogens with one attached hydrogen (secondary N) is 1. The van der Waals surface area contributed by atoms with Gasteiger partial charge in [0.2, 0.25) is 15.4 Å². The van der Waals surface area contributed by atoms with E-state index in [2.05, 4.69) is 41.9 Å². The Morgan fingerprint density at radius 1 is 0.884 bits per heavy atom. The topological polar surface area (TPSA) is 120 Å². The first kappa shape index (κ1) is 33.0. The highest BCUT2D eigenvalue weighted by Crippen LogP contribution is 2.43. The van der Waals surface area contributed by atoms with Crippen molar-refractivity contribution in [3.63, 3.8) is 0 Å². The Kier molecular flexibility index (Phi) is 10.6. The van der Waals surface area contributed by atoms with Gasteiger partial charge in [-0.15, -0.1) is 0 Å². The van der Waals surface area contributed by atoms with Crippen LogP contribution in [0.25, 0.3) is 33.4 Å².